The number of carbonyl (C=O) groups excluding carboxylic acids is 3. The van der Waals surface area contributed by atoms with Gasteiger partial charge in [0.05, 0.1) is 55.3 Å². The number of rotatable bonds is 17. The Balaban J connectivity index is 0.000000303. The van der Waals surface area contributed by atoms with Crippen LogP contribution in [-0.4, -0.2) is 112 Å². The van der Waals surface area contributed by atoms with Gasteiger partial charge in [0.1, 0.15) is 23.0 Å². The predicted molar refractivity (Wildman–Crippen MR) is 395 cm³/mol. The van der Waals surface area contributed by atoms with E-state index in [4.69, 9.17) is 36.0 Å². The smallest absolute Gasteiger partial charge is 0.308 e. The molecule has 3 heterocycles. The molecule has 10 rings (SSSR count). The van der Waals surface area contributed by atoms with Gasteiger partial charge in [-0.25, -0.2) is 0 Å². The molecule has 0 radical (unpaired) electrons. The molecule has 0 atom stereocenters. The van der Waals surface area contributed by atoms with Gasteiger partial charge in [-0.15, -0.1) is 9.95 Å². The molecule has 0 aliphatic carbocycles. The van der Waals surface area contributed by atoms with Gasteiger partial charge in [0.2, 0.25) is 29.9 Å². The summed E-state index contributed by atoms with van der Waals surface area (Å²) < 4.78 is 22.0. The van der Waals surface area contributed by atoms with Crippen molar-refractivity contribution in [3.8, 4) is 41.5 Å². The molecule has 7 aromatic carbocycles. The predicted octanol–water partition coefficient (Wildman–Crippen LogP) is 14.1. The van der Waals surface area contributed by atoms with Crippen molar-refractivity contribution in [3.63, 3.8) is 0 Å². The lowest BCUT2D eigenvalue weighted by Gasteiger charge is -2.42. The van der Waals surface area contributed by atoms with Gasteiger partial charge in [-0.1, -0.05) is 146 Å². The molecule has 3 saturated heterocycles. The van der Waals surface area contributed by atoms with Crippen LogP contribution in [0.2, 0.25) is 0 Å². The van der Waals surface area contributed by atoms with Crippen molar-refractivity contribution in [2.75, 3.05) is 83.1 Å². The third-order valence-corrected chi connectivity index (χ3v) is 17.2. The van der Waals surface area contributed by atoms with Crippen LogP contribution in [0.3, 0.4) is 0 Å². The molecule has 524 valence electrons. The first-order valence-electron chi connectivity index (χ1n) is 32.9. The van der Waals surface area contributed by atoms with E-state index in [2.05, 4.69) is 100 Å². The van der Waals surface area contributed by atoms with E-state index in [1.807, 2.05) is 170 Å². The number of anilines is 3. The number of piperidine rings is 3. The lowest BCUT2D eigenvalue weighted by atomic mass is 9.70. The van der Waals surface area contributed by atoms with E-state index in [1.54, 1.807) is 41.2 Å². The van der Waals surface area contributed by atoms with Crippen LogP contribution in [-0.2, 0) is 30.6 Å². The fourth-order valence-electron chi connectivity index (χ4n) is 12.3. The first-order chi connectivity index (χ1) is 48.2. The van der Waals surface area contributed by atoms with Gasteiger partial charge < -0.3 is 50.0 Å². The van der Waals surface area contributed by atoms with Crippen molar-refractivity contribution in [1.29, 1.82) is 15.8 Å². The Bertz CT molecular complexity index is 3930. The van der Waals surface area contributed by atoms with Crippen molar-refractivity contribution in [1.82, 2.24) is 20.4 Å². The number of hydrogen-bond acceptors (Lipinski definition) is 14. The van der Waals surface area contributed by atoms with E-state index in [0.717, 1.165) is 61.3 Å². The van der Waals surface area contributed by atoms with Crippen LogP contribution in [0, 0.1) is 40.8 Å². The second kappa shape index (κ2) is 42.2. The molecular formula is C78H93FN14O7. The molecule has 0 aromatic heterocycles. The van der Waals surface area contributed by atoms with Gasteiger partial charge in [0.25, 0.3) is 0 Å². The van der Waals surface area contributed by atoms with Crippen LogP contribution in [0.4, 0.5) is 21.8 Å². The SMILES string of the molecule is CC#N.CCN=C(NC#N)N1CCC(CC(=O)Nc2ccccc2OC)(c2ccccc2)CC1.COc1ccccc1NC(=O)CC1(c2ccccc2)CCN(C(=NC#N)Oc2ccccc2)CC1.COc1ccccc1NC(=O)CC1(c2ccccc2)CCNCC1.F.[3HH].[C-]#[N+]N=C(C)C. The van der Waals surface area contributed by atoms with E-state index in [9.17, 15) is 19.6 Å². The van der Waals surface area contributed by atoms with E-state index < -0.39 is 0 Å². The van der Waals surface area contributed by atoms with Gasteiger partial charge in [0, 0.05) is 76.6 Å². The molecule has 3 amide bonds. The number of aliphatic imine (C=N–C) groups is 2. The molecule has 22 heteroatoms. The third kappa shape index (κ3) is 23.9. The number of hydrogen-bond donors (Lipinski definition) is 5. The number of ether oxygens (including phenoxy) is 4. The summed E-state index contributed by atoms with van der Waals surface area (Å²) in [6.07, 6.45) is 9.93. The number of methoxy groups -OCH3 is 3. The Morgan fingerprint density at radius 1 is 0.550 bits per heavy atom. The number of amidine groups is 1. The molecule has 3 fully saturated rings. The summed E-state index contributed by atoms with van der Waals surface area (Å²) in [5, 5.41) is 44.1. The molecule has 7 aromatic rings. The van der Waals surface area contributed by atoms with Crippen molar-refractivity contribution >= 4 is 52.5 Å². The monoisotopic (exact) mass is 1360 g/mol. The van der Waals surface area contributed by atoms with Gasteiger partial charge in [-0.3, -0.25) is 29.4 Å². The molecule has 3 aliphatic rings. The lowest BCUT2D eigenvalue weighted by molar-refractivity contribution is -0.118. The van der Waals surface area contributed by atoms with Crippen LogP contribution < -0.4 is 45.5 Å². The zero-order chi connectivity index (χ0) is 71.1. The van der Waals surface area contributed by atoms with Gasteiger partial charge >= 0.3 is 6.02 Å². The minimum Gasteiger partial charge on any atom is -0.495 e. The van der Waals surface area contributed by atoms with Crippen LogP contribution in [0.25, 0.3) is 4.95 Å². The quantitative estimate of drug-likeness (QED) is 0.0142. The summed E-state index contributed by atoms with van der Waals surface area (Å²) in [6, 6.07) is 64.4. The average molecular weight is 1360 g/mol. The Kier molecular flexibility index (Phi) is 33.4. The van der Waals surface area contributed by atoms with Crippen molar-refractivity contribution in [2.24, 2.45) is 15.1 Å². The number of amides is 3. The van der Waals surface area contributed by atoms with Gasteiger partial charge in [-0.2, -0.15) is 22.4 Å². The number of halogens is 1. The summed E-state index contributed by atoms with van der Waals surface area (Å²) in [5.41, 5.74) is 5.66. The highest BCUT2D eigenvalue weighted by Gasteiger charge is 2.41. The zero-order valence-corrected chi connectivity index (χ0v) is 58.1. The number of nitrogens with one attached hydrogen (secondary N) is 5. The number of likely N-dealkylation sites (tertiary alicyclic amines) is 2. The minimum absolute atomic E-state index is 0. The number of benzene rings is 7. The van der Waals surface area contributed by atoms with Crippen molar-refractivity contribution < 1.29 is 39.5 Å². The second-order valence-corrected chi connectivity index (χ2v) is 23.8. The van der Waals surface area contributed by atoms with Crippen molar-refractivity contribution in [2.45, 2.75) is 102 Å². The van der Waals surface area contributed by atoms with Gasteiger partial charge in [0.15, 0.2) is 6.19 Å². The molecule has 0 spiro atoms. The molecular weight excluding hydrogens is 1260 g/mol. The van der Waals surface area contributed by atoms with Crippen LogP contribution in [0.5, 0.6) is 23.0 Å². The average Bonchev–Trinajstić information content (AvgIpc) is 0.800. The normalized spacial score (nSPS) is 14.5. The molecule has 3 aliphatic heterocycles. The summed E-state index contributed by atoms with van der Waals surface area (Å²) >= 11 is 0. The summed E-state index contributed by atoms with van der Waals surface area (Å²) in [4.78, 5) is 54.2. The maximum Gasteiger partial charge on any atom is 0.308 e. The topological polar surface area (TPSA) is 268 Å². The van der Waals surface area contributed by atoms with Crippen LogP contribution in [0.15, 0.2) is 209 Å². The highest BCUT2D eigenvalue weighted by atomic mass is 19.0. The Hall–Kier alpha value is -11.6. The highest BCUT2D eigenvalue weighted by Crippen LogP contribution is 2.42. The number of carbonyl (C=O) groups is 3. The third-order valence-electron chi connectivity index (χ3n) is 17.2. The largest absolute Gasteiger partial charge is 0.495 e. The Labute approximate surface area is 589 Å². The fourth-order valence-corrected chi connectivity index (χ4v) is 12.3. The van der Waals surface area contributed by atoms with E-state index in [0.29, 0.717) is 105 Å². The zero-order valence-electron chi connectivity index (χ0n) is 58.1. The maximum absolute atomic E-state index is 13.2. The standard InChI is InChI=1S/C28H28N4O3.C24H29N5O2.C20H24N2O2.C4H6N2.C2H3N.FH.H2/c1-34-25-15-9-8-14-24(25)31-26(33)20-28(22-10-4-2-5-11-22)16-18-32(19-17-28)27(30-21-29)35-23-12-6-3-7-13-23;1-3-26-23(27-18-25)29-15-13-24(14-16-29,19-9-5-4-6-10-19)17-22(30)28-20-11-7-8-12-21(20)31-2;1-24-18-10-6-5-9-17(18)22-19(23)15-20(11-13-21-14-12-20)16-7-3-2-4-8-16;1-4(2)6-5-3;1-2-3;;/h2-15H,16-20H2,1H3,(H,31,33);4-12H,3,13-17H2,1-2H3,(H,26,27)(H,28,30);2-10,21H,11-15H2,1H3,(H,22,23);1-2H3;1H3;2*1H/i;;;;;;1+2. The van der Waals surface area contributed by atoms with Crippen LogP contribution >= 0.6 is 0 Å². The summed E-state index contributed by atoms with van der Waals surface area (Å²) in [7, 11) is 4.80. The number of nitriles is 3. The van der Waals surface area contributed by atoms with E-state index in [1.165, 1.54) is 12.5 Å². The first-order valence-corrected chi connectivity index (χ1v) is 32.9. The maximum atomic E-state index is 13.2. The molecule has 100 heavy (non-hydrogen) atoms. The fraction of sp³-hybridized carbons (Fsp3) is 0.333. The molecule has 5 N–H and O–H groups in total. The highest BCUT2D eigenvalue weighted by molar-refractivity contribution is 5.95. The lowest BCUT2D eigenvalue weighted by Crippen LogP contribution is -2.49. The summed E-state index contributed by atoms with van der Waals surface area (Å²) in [6.45, 7) is 18.2. The number of para-hydroxylation sites is 7. The molecule has 0 unspecified atom stereocenters. The molecule has 0 saturated carbocycles. The first kappa shape index (κ1) is 79.1. The Morgan fingerprint density at radius 3 is 1.21 bits per heavy atom. The molecule has 21 nitrogen and oxygen atoms in total. The van der Waals surface area contributed by atoms with Crippen LogP contribution in [0.1, 0.15) is 104 Å². The number of guanidine groups is 1. The Morgan fingerprint density at radius 2 is 0.890 bits per heavy atom. The second-order valence-electron chi connectivity index (χ2n) is 23.8. The van der Waals surface area contributed by atoms with E-state index >= 15 is 0 Å². The molecule has 0 bridgehead atoms. The van der Waals surface area contributed by atoms with Gasteiger partial charge in [-0.05, 0) is 138 Å². The minimum atomic E-state index is -0.353. The number of nitrogens with zero attached hydrogens (tertiary/aromatic N) is 9. The van der Waals surface area contributed by atoms with Crippen molar-refractivity contribution in [3.05, 3.63) is 222 Å². The van der Waals surface area contributed by atoms with E-state index in [-0.39, 0.29) is 46.1 Å². The summed E-state index contributed by atoms with van der Waals surface area (Å²) in [5.74, 6) is 3.10.